The summed E-state index contributed by atoms with van der Waals surface area (Å²) in [4.78, 5) is 20.6. The highest BCUT2D eigenvalue weighted by atomic mass is 79.9. The Balaban J connectivity index is 3.35. The Morgan fingerprint density at radius 3 is 2.69 bits per heavy atom. The molecule has 16 heavy (non-hydrogen) atoms. The number of rotatable bonds is 3. The SMILES string of the molecule is Cc1cc(Br)c(/C=C/C(=O)O)c([N+](=O)[O-])c1. The number of carboxylic acid groups (broad SMARTS) is 1. The van der Waals surface area contributed by atoms with Crippen LogP contribution < -0.4 is 0 Å². The number of nitro groups is 1. The van der Waals surface area contributed by atoms with Gasteiger partial charge >= 0.3 is 5.97 Å². The largest absolute Gasteiger partial charge is 0.478 e. The van der Waals surface area contributed by atoms with Crippen LogP contribution in [-0.2, 0) is 4.79 Å². The molecular formula is C10H8BrNO4. The van der Waals surface area contributed by atoms with Crippen molar-refractivity contribution in [3.8, 4) is 0 Å². The van der Waals surface area contributed by atoms with E-state index in [2.05, 4.69) is 15.9 Å². The van der Waals surface area contributed by atoms with Crippen LogP contribution in [0.2, 0.25) is 0 Å². The van der Waals surface area contributed by atoms with Gasteiger partial charge in [-0.2, -0.15) is 0 Å². The third kappa shape index (κ3) is 2.90. The van der Waals surface area contributed by atoms with E-state index < -0.39 is 10.9 Å². The molecule has 0 unspecified atom stereocenters. The normalized spacial score (nSPS) is 10.6. The number of carbonyl (C=O) groups is 1. The van der Waals surface area contributed by atoms with Crippen LogP contribution >= 0.6 is 15.9 Å². The van der Waals surface area contributed by atoms with Crippen molar-refractivity contribution >= 4 is 33.7 Å². The minimum Gasteiger partial charge on any atom is -0.478 e. The molecule has 1 aromatic rings. The van der Waals surface area contributed by atoms with Gasteiger partial charge in [0.1, 0.15) is 0 Å². The summed E-state index contributed by atoms with van der Waals surface area (Å²) in [7, 11) is 0. The van der Waals surface area contributed by atoms with Crippen molar-refractivity contribution in [2.75, 3.05) is 0 Å². The monoisotopic (exact) mass is 285 g/mol. The highest BCUT2D eigenvalue weighted by molar-refractivity contribution is 9.10. The van der Waals surface area contributed by atoms with E-state index in [-0.39, 0.29) is 11.3 Å². The van der Waals surface area contributed by atoms with Gasteiger partial charge < -0.3 is 5.11 Å². The van der Waals surface area contributed by atoms with Gasteiger partial charge in [0, 0.05) is 16.6 Å². The number of nitro benzene ring substituents is 1. The molecule has 1 N–H and O–H groups in total. The first kappa shape index (κ1) is 12.4. The second-order valence-corrected chi connectivity index (χ2v) is 3.96. The van der Waals surface area contributed by atoms with Gasteiger partial charge in [0.05, 0.1) is 10.5 Å². The maximum Gasteiger partial charge on any atom is 0.328 e. The summed E-state index contributed by atoms with van der Waals surface area (Å²) in [5.41, 5.74) is 0.855. The molecule has 6 heteroatoms. The Kier molecular flexibility index (Phi) is 3.78. The van der Waals surface area contributed by atoms with E-state index in [4.69, 9.17) is 5.11 Å². The molecule has 0 aliphatic rings. The minimum absolute atomic E-state index is 0.121. The zero-order valence-electron chi connectivity index (χ0n) is 8.31. The van der Waals surface area contributed by atoms with Gasteiger partial charge in [-0.25, -0.2) is 4.79 Å². The highest BCUT2D eigenvalue weighted by Crippen LogP contribution is 2.29. The summed E-state index contributed by atoms with van der Waals surface area (Å²) in [5, 5.41) is 19.3. The summed E-state index contributed by atoms with van der Waals surface area (Å²) in [6.45, 7) is 1.72. The first-order valence-corrected chi connectivity index (χ1v) is 5.06. The van der Waals surface area contributed by atoms with Gasteiger partial charge in [-0.15, -0.1) is 0 Å². The van der Waals surface area contributed by atoms with Crippen molar-refractivity contribution in [1.82, 2.24) is 0 Å². The number of hydrogen-bond donors (Lipinski definition) is 1. The third-order valence-corrected chi connectivity index (χ3v) is 2.50. The number of aliphatic carboxylic acids is 1. The van der Waals surface area contributed by atoms with E-state index in [9.17, 15) is 14.9 Å². The van der Waals surface area contributed by atoms with E-state index >= 15 is 0 Å². The maximum atomic E-state index is 10.8. The van der Waals surface area contributed by atoms with Crippen LogP contribution in [0.1, 0.15) is 11.1 Å². The quantitative estimate of drug-likeness (QED) is 0.526. The van der Waals surface area contributed by atoms with Crippen LogP contribution in [0.15, 0.2) is 22.7 Å². The van der Waals surface area contributed by atoms with Crippen LogP contribution in [-0.4, -0.2) is 16.0 Å². The molecule has 0 aromatic heterocycles. The fourth-order valence-electron chi connectivity index (χ4n) is 1.21. The van der Waals surface area contributed by atoms with E-state index in [1.807, 2.05) is 0 Å². The molecule has 0 aliphatic heterocycles. The lowest BCUT2D eigenvalue weighted by Gasteiger charge is -2.02. The Hall–Kier alpha value is -1.69. The fraction of sp³-hybridized carbons (Fsp3) is 0.100. The van der Waals surface area contributed by atoms with Crippen LogP contribution in [0.3, 0.4) is 0 Å². The summed E-state index contributed by atoms with van der Waals surface area (Å²) < 4.78 is 0.497. The zero-order valence-corrected chi connectivity index (χ0v) is 9.89. The van der Waals surface area contributed by atoms with Crippen LogP contribution in [0.5, 0.6) is 0 Å². The van der Waals surface area contributed by atoms with Gasteiger partial charge in [0.15, 0.2) is 0 Å². The van der Waals surface area contributed by atoms with Crippen LogP contribution in [0, 0.1) is 17.0 Å². The predicted octanol–water partition coefficient (Wildman–Crippen LogP) is 2.76. The van der Waals surface area contributed by atoms with E-state index in [1.165, 1.54) is 12.1 Å². The second kappa shape index (κ2) is 4.89. The number of halogens is 1. The smallest absolute Gasteiger partial charge is 0.328 e. The molecule has 0 atom stereocenters. The van der Waals surface area contributed by atoms with E-state index in [0.29, 0.717) is 4.47 Å². The Morgan fingerprint density at radius 1 is 1.56 bits per heavy atom. The van der Waals surface area contributed by atoms with Gasteiger partial charge in [0.2, 0.25) is 0 Å². The fourth-order valence-corrected chi connectivity index (χ4v) is 1.90. The first-order chi connectivity index (χ1) is 7.41. The number of benzene rings is 1. The molecule has 0 spiro atoms. The standard InChI is InChI=1S/C10H8BrNO4/c1-6-4-8(11)7(2-3-10(13)14)9(5-6)12(15)16/h2-5H,1H3,(H,13,14)/b3-2+. The van der Waals surface area contributed by atoms with E-state index in [1.54, 1.807) is 13.0 Å². The average molecular weight is 286 g/mol. The van der Waals surface area contributed by atoms with Gasteiger partial charge in [0.25, 0.3) is 5.69 Å². The highest BCUT2D eigenvalue weighted by Gasteiger charge is 2.15. The van der Waals surface area contributed by atoms with Crippen molar-refractivity contribution < 1.29 is 14.8 Å². The lowest BCUT2D eigenvalue weighted by Crippen LogP contribution is -1.94. The molecule has 0 amide bonds. The molecule has 0 heterocycles. The molecule has 5 nitrogen and oxygen atoms in total. The Bertz CT molecular complexity index is 482. The Morgan fingerprint density at radius 2 is 2.19 bits per heavy atom. The lowest BCUT2D eigenvalue weighted by molar-refractivity contribution is -0.385. The van der Waals surface area contributed by atoms with Gasteiger partial charge in [-0.05, 0) is 40.6 Å². The summed E-state index contributed by atoms with van der Waals surface area (Å²) in [5.74, 6) is -1.15. The molecule has 0 aliphatic carbocycles. The molecule has 1 aromatic carbocycles. The maximum absolute atomic E-state index is 10.8. The number of nitrogens with zero attached hydrogens (tertiary/aromatic N) is 1. The number of carboxylic acids is 1. The van der Waals surface area contributed by atoms with Crippen LogP contribution in [0.4, 0.5) is 5.69 Å². The predicted molar refractivity (Wildman–Crippen MR) is 62.2 cm³/mol. The van der Waals surface area contributed by atoms with Crippen molar-refractivity contribution in [3.05, 3.63) is 43.9 Å². The topological polar surface area (TPSA) is 80.4 Å². The van der Waals surface area contributed by atoms with Crippen molar-refractivity contribution in [3.63, 3.8) is 0 Å². The molecule has 0 saturated heterocycles. The molecular weight excluding hydrogens is 278 g/mol. The molecule has 0 fully saturated rings. The zero-order chi connectivity index (χ0) is 12.3. The molecule has 1 rings (SSSR count). The van der Waals surface area contributed by atoms with E-state index in [0.717, 1.165) is 11.6 Å². The lowest BCUT2D eigenvalue weighted by atomic mass is 10.1. The summed E-state index contributed by atoms with van der Waals surface area (Å²) in [6, 6.07) is 3.08. The summed E-state index contributed by atoms with van der Waals surface area (Å²) in [6.07, 6.45) is 2.06. The number of hydrogen-bond acceptors (Lipinski definition) is 3. The van der Waals surface area contributed by atoms with Crippen molar-refractivity contribution in [2.45, 2.75) is 6.92 Å². The molecule has 84 valence electrons. The molecule has 0 radical (unpaired) electrons. The summed E-state index contributed by atoms with van der Waals surface area (Å²) >= 11 is 3.17. The first-order valence-electron chi connectivity index (χ1n) is 4.27. The van der Waals surface area contributed by atoms with Gasteiger partial charge in [-0.1, -0.05) is 0 Å². The molecule has 0 saturated carbocycles. The molecule has 0 bridgehead atoms. The second-order valence-electron chi connectivity index (χ2n) is 3.11. The van der Waals surface area contributed by atoms with Crippen molar-refractivity contribution in [1.29, 1.82) is 0 Å². The average Bonchev–Trinajstić information content (AvgIpc) is 2.14. The third-order valence-electron chi connectivity index (χ3n) is 1.84. The number of aryl methyl sites for hydroxylation is 1. The minimum atomic E-state index is -1.15. The van der Waals surface area contributed by atoms with Crippen LogP contribution in [0.25, 0.3) is 6.08 Å². The van der Waals surface area contributed by atoms with Gasteiger partial charge in [-0.3, -0.25) is 10.1 Å². The van der Waals surface area contributed by atoms with Crippen molar-refractivity contribution in [2.24, 2.45) is 0 Å². The Labute approximate surface area is 99.7 Å².